The molecule has 2 amide bonds. The summed E-state index contributed by atoms with van der Waals surface area (Å²) in [6, 6.07) is -1.08. The number of urea groups is 1. The molecule has 4 nitrogen and oxygen atoms in total. The number of morpholine rings is 1. The van der Waals surface area contributed by atoms with Gasteiger partial charge in [-0.3, -0.25) is 0 Å². The van der Waals surface area contributed by atoms with Gasteiger partial charge in [-0.05, 0) is 13.8 Å². The van der Waals surface area contributed by atoms with Crippen LogP contribution in [0.2, 0.25) is 0 Å². The highest BCUT2D eigenvalue weighted by Crippen LogP contribution is 2.41. The van der Waals surface area contributed by atoms with Crippen molar-refractivity contribution in [3.8, 4) is 0 Å². The van der Waals surface area contributed by atoms with Gasteiger partial charge in [-0.2, -0.15) is 26.3 Å². The van der Waals surface area contributed by atoms with E-state index in [4.69, 9.17) is 10.5 Å². The largest absolute Gasteiger partial charge is 0.391 e. The Hall–Kier alpha value is -1.19. The number of carbonyl (C=O) groups is 1. The molecular weight excluding hydrogens is 306 g/mol. The second kappa shape index (κ2) is 5.22. The summed E-state index contributed by atoms with van der Waals surface area (Å²) in [7, 11) is 0. The fourth-order valence-corrected chi connectivity index (χ4v) is 2.71. The van der Waals surface area contributed by atoms with Crippen molar-refractivity contribution in [3.63, 3.8) is 0 Å². The number of amides is 2. The van der Waals surface area contributed by atoms with Gasteiger partial charge in [0.1, 0.15) is 0 Å². The molecule has 1 rings (SSSR count). The molecule has 1 aliphatic heterocycles. The zero-order valence-corrected chi connectivity index (χ0v) is 11.4. The molecule has 0 saturated carbocycles. The number of rotatable bonds is 2. The lowest BCUT2D eigenvalue weighted by Gasteiger charge is -2.49. The Bertz CT molecular complexity index is 380. The maximum absolute atomic E-state index is 12.6. The van der Waals surface area contributed by atoms with Crippen LogP contribution in [-0.2, 0) is 4.74 Å². The van der Waals surface area contributed by atoms with E-state index in [-0.39, 0.29) is 0 Å². The average Bonchev–Trinajstić information content (AvgIpc) is 2.06. The van der Waals surface area contributed by atoms with Gasteiger partial charge in [0.05, 0.1) is 37.1 Å². The van der Waals surface area contributed by atoms with Crippen molar-refractivity contribution in [2.75, 3.05) is 13.1 Å². The number of alkyl halides is 6. The average molecular weight is 322 g/mol. The van der Waals surface area contributed by atoms with Crippen LogP contribution in [0, 0.1) is 0 Å². The molecule has 0 bridgehead atoms. The smallest absolute Gasteiger partial charge is 0.365 e. The fourth-order valence-electron chi connectivity index (χ4n) is 2.71. The van der Waals surface area contributed by atoms with Crippen molar-refractivity contribution in [2.45, 2.75) is 50.2 Å². The van der Waals surface area contributed by atoms with Crippen molar-refractivity contribution in [1.29, 1.82) is 0 Å². The standard InChI is InChI=1S/C11H16F6N2O2/c1-8(3-10(12,13)14)5-19(7(18)20)6-9(2,21-8)4-11(15,16)17/h3-6H2,1-2H3,(H2,18,20). The number of ether oxygens (including phenoxy) is 1. The van der Waals surface area contributed by atoms with E-state index < -0.39 is 55.5 Å². The van der Waals surface area contributed by atoms with Crippen LogP contribution in [-0.4, -0.2) is 47.6 Å². The molecule has 1 saturated heterocycles. The number of primary amides is 1. The zero-order valence-electron chi connectivity index (χ0n) is 11.4. The molecular formula is C11H16F6N2O2. The van der Waals surface area contributed by atoms with Gasteiger partial charge in [0.15, 0.2) is 0 Å². The SMILES string of the molecule is CC1(CC(F)(F)F)CN(C(N)=O)CC(C)(CC(F)(F)F)O1. The summed E-state index contributed by atoms with van der Waals surface area (Å²) in [5.74, 6) is 0. The van der Waals surface area contributed by atoms with Crippen molar-refractivity contribution < 1.29 is 35.9 Å². The first-order chi connectivity index (χ1) is 9.13. The molecule has 2 N–H and O–H groups in total. The molecule has 2 atom stereocenters. The van der Waals surface area contributed by atoms with Crippen LogP contribution in [0.25, 0.3) is 0 Å². The van der Waals surface area contributed by atoms with E-state index in [0.717, 1.165) is 18.7 Å². The number of carbonyl (C=O) groups excluding carboxylic acids is 1. The molecule has 0 spiro atoms. The van der Waals surface area contributed by atoms with Gasteiger partial charge in [-0.25, -0.2) is 4.79 Å². The van der Waals surface area contributed by atoms with Gasteiger partial charge in [0.2, 0.25) is 0 Å². The quantitative estimate of drug-likeness (QED) is 0.795. The lowest BCUT2D eigenvalue weighted by atomic mass is 9.91. The lowest BCUT2D eigenvalue weighted by Crippen LogP contribution is -2.63. The van der Waals surface area contributed by atoms with Crippen LogP contribution in [0.1, 0.15) is 26.7 Å². The highest BCUT2D eigenvalue weighted by atomic mass is 19.4. The second-order valence-electron chi connectivity index (χ2n) is 5.78. The molecule has 1 heterocycles. The van der Waals surface area contributed by atoms with Crippen LogP contribution in [0.15, 0.2) is 0 Å². The van der Waals surface area contributed by atoms with E-state index in [9.17, 15) is 31.1 Å². The van der Waals surface area contributed by atoms with Gasteiger partial charge in [0.25, 0.3) is 0 Å². The molecule has 124 valence electrons. The van der Waals surface area contributed by atoms with Gasteiger partial charge < -0.3 is 15.4 Å². The first-order valence-corrected chi connectivity index (χ1v) is 6.01. The Morgan fingerprint density at radius 3 is 1.62 bits per heavy atom. The Morgan fingerprint density at radius 2 is 1.38 bits per heavy atom. The van der Waals surface area contributed by atoms with Crippen LogP contribution >= 0.6 is 0 Å². The van der Waals surface area contributed by atoms with E-state index in [0.29, 0.717) is 0 Å². The first-order valence-electron chi connectivity index (χ1n) is 6.01. The third-order valence-electron chi connectivity index (χ3n) is 3.00. The molecule has 0 radical (unpaired) electrons. The third kappa shape index (κ3) is 5.60. The predicted octanol–water partition coefficient (Wildman–Crippen LogP) is 2.82. The summed E-state index contributed by atoms with van der Waals surface area (Å²) in [5.41, 5.74) is 1.04. The Balaban J connectivity index is 3.04. The summed E-state index contributed by atoms with van der Waals surface area (Å²) >= 11 is 0. The molecule has 2 unspecified atom stereocenters. The molecule has 0 aromatic rings. The van der Waals surface area contributed by atoms with E-state index in [1.165, 1.54) is 0 Å². The maximum atomic E-state index is 12.6. The molecule has 1 aliphatic rings. The molecule has 0 aliphatic carbocycles. The minimum Gasteiger partial charge on any atom is -0.365 e. The number of halogens is 6. The van der Waals surface area contributed by atoms with E-state index in [2.05, 4.69) is 0 Å². The Kier molecular flexibility index (Phi) is 4.44. The highest BCUT2D eigenvalue weighted by Gasteiger charge is 2.53. The van der Waals surface area contributed by atoms with E-state index >= 15 is 0 Å². The monoisotopic (exact) mass is 322 g/mol. The molecule has 21 heavy (non-hydrogen) atoms. The topological polar surface area (TPSA) is 55.6 Å². The van der Waals surface area contributed by atoms with E-state index in [1.807, 2.05) is 0 Å². The molecule has 1 fully saturated rings. The van der Waals surface area contributed by atoms with Gasteiger partial charge in [-0.15, -0.1) is 0 Å². The normalized spacial score (nSPS) is 31.3. The van der Waals surface area contributed by atoms with Crippen LogP contribution in [0.3, 0.4) is 0 Å². The molecule has 0 aromatic heterocycles. The van der Waals surface area contributed by atoms with Crippen LogP contribution < -0.4 is 5.73 Å². The lowest BCUT2D eigenvalue weighted by molar-refractivity contribution is -0.265. The Labute approximate surface area is 117 Å². The number of nitrogens with zero attached hydrogens (tertiary/aromatic N) is 1. The number of hydrogen-bond donors (Lipinski definition) is 1. The second-order valence-corrected chi connectivity index (χ2v) is 5.78. The number of hydrogen-bond acceptors (Lipinski definition) is 2. The third-order valence-corrected chi connectivity index (χ3v) is 3.00. The first kappa shape index (κ1) is 17.9. The van der Waals surface area contributed by atoms with E-state index in [1.54, 1.807) is 0 Å². The molecule has 10 heteroatoms. The summed E-state index contributed by atoms with van der Waals surface area (Å²) in [6.45, 7) is 0.999. The van der Waals surface area contributed by atoms with Crippen molar-refractivity contribution in [1.82, 2.24) is 4.90 Å². The Morgan fingerprint density at radius 1 is 1.05 bits per heavy atom. The zero-order chi connectivity index (χ0) is 16.7. The van der Waals surface area contributed by atoms with Crippen molar-refractivity contribution in [2.24, 2.45) is 5.73 Å². The summed E-state index contributed by atoms with van der Waals surface area (Å²) in [6.07, 6.45) is -12.2. The van der Waals surface area contributed by atoms with Crippen LogP contribution in [0.5, 0.6) is 0 Å². The number of nitrogens with two attached hydrogens (primary N) is 1. The van der Waals surface area contributed by atoms with Crippen molar-refractivity contribution >= 4 is 6.03 Å². The van der Waals surface area contributed by atoms with Gasteiger partial charge >= 0.3 is 18.4 Å². The van der Waals surface area contributed by atoms with Gasteiger partial charge in [-0.1, -0.05) is 0 Å². The van der Waals surface area contributed by atoms with Gasteiger partial charge in [0, 0.05) is 0 Å². The highest BCUT2D eigenvalue weighted by molar-refractivity contribution is 5.72. The molecule has 0 aromatic carbocycles. The van der Waals surface area contributed by atoms with Crippen LogP contribution in [0.4, 0.5) is 31.1 Å². The summed E-state index contributed by atoms with van der Waals surface area (Å²) in [5, 5.41) is 0. The minimum absolute atomic E-state index is 0.519. The van der Waals surface area contributed by atoms with Crippen molar-refractivity contribution in [3.05, 3.63) is 0 Å². The summed E-state index contributed by atoms with van der Waals surface area (Å²) in [4.78, 5) is 11.9. The maximum Gasteiger partial charge on any atom is 0.391 e. The summed E-state index contributed by atoms with van der Waals surface area (Å²) < 4.78 is 80.5. The minimum atomic E-state index is -4.64. The fraction of sp³-hybridized carbons (Fsp3) is 0.909. The predicted molar refractivity (Wildman–Crippen MR) is 60.4 cm³/mol.